The van der Waals surface area contributed by atoms with Crippen molar-refractivity contribution in [2.75, 3.05) is 0 Å². The number of aromatic hydroxyl groups is 1. The Labute approximate surface area is 79.6 Å². The van der Waals surface area contributed by atoms with Gasteiger partial charge in [0, 0.05) is 0 Å². The number of alkyl halides is 2. The highest BCUT2D eigenvalue weighted by Crippen LogP contribution is 2.26. The maximum atomic E-state index is 12.4. The van der Waals surface area contributed by atoms with Gasteiger partial charge in [0.15, 0.2) is 0 Å². The van der Waals surface area contributed by atoms with E-state index in [2.05, 4.69) is 4.98 Å². The molecule has 1 aromatic rings. The van der Waals surface area contributed by atoms with E-state index in [-0.39, 0.29) is 23.4 Å². The molecule has 74 valence electrons. The van der Waals surface area contributed by atoms with E-state index < -0.39 is 12.1 Å². The maximum absolute atomic E-state index is 12.4. The first-order valence-electron chi connectivity index (χ1n) is 3.90. The molecule has 0 spiro atoms. The topological polar surface area (TPSA) is 56.9 Å². The molecule has 14 heavy (non-hydrogen) atoms. The molecule has 0 unspecified atom stereocenters. The number of nitrogens with zero attached hydrogens (tertiary/aromatic N) is 2. The fourth-order valence-electron chi connectivity index (χ4n) is 1.07. The van der Waals surface area contributed by atoms with Crippen molar-refractivity contribution in [1.29, 1.82) is 5.26 Å². The highest BCUT2D eigenvalue weighted by molar-refractivity contribution is 5.35. The van der Waals surface area contributed by atoms with E-state index in [1.165, 1.54) is 6.92 Å². The lowest BCUT2D eigenvalue weighted by molar-refractivity contribution is 0.144. The zero-order valence-electron chi connectivity index (χ0n) is 7.46. The van der Waals surface area contributed by atoms with Crippen LogP contribution in [0.3, 0.4) is 0 Å². The molecule has 1 N–H and O–H groups in total. The molecule has 0 radical (unpaired) electrons. The van der Waals surface area contributed by atoms with Crippen LogP contribution in [0.1, 0.15) is 23.4 Å². The molecule has 0 saturated heterocycles. The van der Waals surface area contributed by atoms with Crippen LogP contribution >= 0.6 is 0 Å². The van der Waals surface area contributed by atoms with E-state index in [0.29, 0.717) is 0 Å². The molecule has 0 aliphatic carbocycles. The summed E-state index contributed by atoms with van der Waals surface area (Å²) in [5.74, 6) is -0.167. The fourth-order valence-corrected chi connectivity index (χ4v) is 1.07. The number of hydrogen-bond acceptors (Lipinski definition) is 3. The van der Waals surface area contributed by atoms with E-state index in [9.17, 15) is 13.9 Å². The Morgan fingerprint density at radius 1 is 1.64 bits per heavy atom. The summed E-state index contributed by atoms with van der Waals surface area (Å²) in [7, 11) is 0. The van der Waals surface area contributed by atoms with Gasteiger partial charge in [0.25, 0.3) is 6.43 Å². The van der Waals surface area contributed by atoms with Crippen LogP contribution in [0.25, 0.3) is 0 Å². The second-order valence-corrected chi connectivity index (χ2v) is 2.77. The summed E-state index contributed by atoms with van der Waals surface area (Å²) in [4.78, 5) is 3.54. The van der Waals surface area contributed by atoms with Crippen molar-refractivity contribution in [3.63, 3.8) is 0 Å². The smallest absolute Gasteiger partial charge is 0.280 e. The zero-order chi connectivity index (χ0) is 10.7. The Kier molecular flexibility index (Phi) is 2.97. The monoisotopic (exact) mass is 198 g/mol. The summed E-state index contributed by atoms with van der Waals surface area (Å²) in [5.41, 5.74) is -0.213. The van der Waals surface area contributed by atoms with Gasteiger partial charge in [0.1, 0.15) is 11.4 Å². The van der Waals surface area contributed by atoms with Crippen LogP contribution in [0, 0.1) is 18.3 Å². The summed E-state index contributed by atoms with van der Waals surface area (Å²) in [5, 5.41) is 17.6. The number of aromatic nitrogens is 1. The van der Waals surface area contributed by atoms with Gasteiger partial charge in [-0.25, -0.2) is 13.8 Å². The van der Waals surface area contributed by atoms with Crippen molar-refractivity contribution in [3.05, 3.63) is 23.0 Å². The lowest BCUT2D eigenvalue weighted by Crippen LogP contribution is -2.00. The zero-order valence-corrected chi connectivity index (χ0v) is 7.46. The first-order chi connectivity index (χ1) is 6.56. The molecule has 5 heteroatoms. The minimum absolute atomic E-state index is 0.0746. The van der Waals surface area contributed by atoms with Crippen molar-refractivity contribution in [3.8, 4) is 11.8 Å². The second kappa shape index (κ2) is 4.01. The third-order valence-corrected chi connectivity index (χ3v) is 1.78. The third kappa shape index (κ3) is 1.96. The van der Waals surface area contributed by atoms with Gasteiger partial charge in [-0.2, -0.15) is 5.26 Å². The van der Waals surface area contributed by atoms with E-state index in [4.69, 9.17) is 5.26 Å². The largest absolute Gasteiger partial charge is 0.506 e. The van der Waals surface area contributed by atoms with Gasteiger partial charge < -0.3 is 5.11 Å². The fraction of sp³-hybridized carbons (Fsp3) is 0.333. The van der Waals surface area contributed by atoms with Gasteiger partial charge in [0.2, 0.25) is 0 Å². The van der Waals surface area contributed by atoms with E-state index in [1.54, 1.807) is 6.07 Å². The van der Waals surface area contributed by atoms with Crippen LogP contribution in [0.5, 0.6) is 5.75 Å². The van der Waals surface area contributed by atoms with Crippen molar-refractivity contribution >= 4 is 0 Å². The highest BCUT2D eigenvalue weighted by Gasteiger charge is 2.16. The molecule has 1 heterocycles. The Morgan fingerprint density at radius 2 is 2.29 bits per heavy atom. The standard InChI is InChI=1S/C9H8F2N2O/c1-5-7(14)4-6(2-3-12)8(13-5)9(10)11/h4,9,14H,2H2,1H3. The molecular weight excluding hydrogens is 190 g/mol. The third-order valence-electron chi connectivity index (χ3n) is 1.78. The Balaban J connectivity index is 3.25. The number of nitriles is 1. The Bertz CT molecular complexity index is 385. The molecular formula is C9H8F2N2O. The van der Waals surface area contributed by atoms with Gasteiger partial charge >= 0.3 is 0 Å². The highest BCUT2D eigenvalue weighted by atomic mass is 19.3. The summed E-state index contributed by atoms with van der Waals surface area (Å²) in [6.45, 7) is 1.43. The van der Waals surface area contributed by atoms with Crippen LogP contribution in [-0.2, 0) is 6.42 Å². The van der Waals surface area contributed by atoms with Crippen molar-refractivity contribution in [2.24, 2.45) is 0 Å². The predicted octanol–water partition coefficient (Wildman–Crippen LogP) is 2.10. The number of aryl methyl sites for hydroxylation is 1. The molecule has 1 rings (SSSR count). The van der Waals surface area contributed by atoms with Crippen molar-refractivity contribution < 1.29 is 13.9 Å². The van der Waals surface area contributed by atoms with Crippen molar-refractivity contribution in [2.45, 2.75) is 19.8 Å². The Hall–Kier alpha value is -1.70. The van der Waals surface area contributed by atoms with E-state index in [0.717, 1.165) is 6.07 Å². The van der Waals surface area contributed by atoms with Crippen LogP contribution in [0.4, 0.5) is 8.78 Å². The molecule has 0 amide bonds. The Morgan fingerprint density at radius 3 is 2.79 bits per heavy atom. The predicted molar refractivity (Wildman–Crippen MR) is 44.9 cm³/mol. The summed E-state index contributed by atoms with van der Waals surface area (Å²) in [6, 6.07) is 2.90. The molecule has 0 fully saturated rings. The van der Waals surface area contributed by atoms with Crippen LogP contribution in [0.15, 0.2) is 6.07 Å². The SMILES string of the molecule is Cc1nc(C(F)F)c(CC#N)cc1O. The number of hydrogen-bond donors (Lipinski definition) is 1. The molecule has 0 aliphatic heterocycles. The average molecular weight is 198 g/mol. The van der Waals surface area contributed by atoms with Crippen LogP contribution in [-0.4, -0.2) is 10.1 Å². The summed E-state index contributed by atoms with van der Waals surface area (Å²) >= 11 is 0. The molecule has 0 bridgehead atoms. The molecule has 0 aromatic carbocycles. The van der Waals surface area contributed by atoms with Crippen molar-refractivity contribution in [1.82, 2.24) is 4.98 Å². The van der Waals surface area contributed by atoms with Gasteiger partial charge in [-0.3, -0.25) is 0 Å². The van der Waals surface area contributed by atoms with Crippen LogP contribution in [0.2, 0.25) is 0 Å². The lowest BCUT2D eigenvalue weighted by atomic mass is 10.1. The van der Waals surface area contributed by atoms with Gasteiger partial charge in [-0.15, -0.1) is 0 Å². The first-order valence-corrected chi connectivity index (χ1v) is 3.90. The molecule has 1 aromatic heterocycles. The number of halogens is 2. The molecule has 0 saturated carbocycles. The summed E-state index contributed by atoms with van der Waals surface area (Å²) < 4.78 is 24.8. The number of rotatable bonds is 2. The normalized spacial score (nSPS) is 10.2. The van der Waals surface area contributed by atoms with E-state index in [1.807, 2.05) is 0 Å². The van der Waals surface area contributed by atoms with Gasteiger partial charge in [-0.05, 0) is 18.6 Å². The minimum Gasteiger partial charge on any atom is -0.506 e. The molecule has 0 atom stereocenters. The second-order valence-electron chi connectivity index (χ2n) is 2.77. The lowest BCUT2D eigenvalue weighted by Gasteiger charge is -2.07. The maximum Gasteiger partial charge on any atom is 0.280 e. The molecule has 0 aliphatic rings. The molecule has 3 nitrogen and oxygen atoms in total. The van der Waals surface area contributed by atoms with Crippen LogP contribution < -0.4 is 0 Å². The number of pyridine rings is 1. The average Bonchev–Trinajstić information content (AvgIpc) is 2.11. The first kappa shape index (κ1) is 10.4. The van der Waals surface area contributed by atoms with Gasteiger partial charge in [0.05, 0.1) is 18.2 Å². The minimum atomic E-state index is -2.72. The quantitative estimate of drug-likeness (QED) is 0.791. The van der Waals surface area contributed by atoms with E-state index >= 15 is 0 Å². The van der Waals surface area contributed by atoms with Gasteiger partial charge in [-0.1, -0.05) is 0 Å². The summed E-state index contributed by atoms with van der Waals surface area (Å²) in [6.07, 6.45) is -2.90.